The minimum absolute atomic E-state index is 0.0479. The second kappa shape index (κ2) is 7.45. The van der Waals surface area contributed by atoms with Crippen LogP contribution in [0.15, 0.2) is 22.7 Å². The SMILES string of the molecule is CCC(CC)(CC(=O)Nc1ccc(Br)c(OC)c1)C(=O)O. The molecule has 0 saturated heterocycles. The van der Waals surface area contributed by atoms with Gasteiger partial charge in [-0.3, -0.25) is 9.59 Å². The number of anilines is 1. The van der Waals surface area contributed by atoms with Gasteiger partial charge in [-0.1, -0.05) is 13.8 Å². The van der Waals surface area contributed by atoms with E-state index in [4.69, 9.17) is 4.74 Å². The molecule has 0 fully saturated rings. The molecule has 0 spiro atoms. The first-order valence-corrected chi connectivity index (χ1v) is 7.54. The van der Waals surface area contributed by atoms with Gasteiger partial charge in [0.25, 0.3) is 0 Å². The van der Waals surface area contributed by atoms with Crippen LogP contribution in [-0.2, 0) is 9.59 Å². The van der Waals surface area contributed by atoms with Crippen molar-refractivity contribution in [2.75, 3.05) is 12.4 Å². The number of carboxylic acid groups (broad SMARTS) is 1. The van der Waals surface area contributed by atoms with Crippen LogP contribution in [0.25, 0.3) is 0 Å². The number of carbonyl (C=O) groups is 2. The Balaban J connectivity index is 2.84. The zero-order chi connectivity index (χ0) is 16.0. The van der Waals surface area contributed by atoms with Gasteiger partial charge in [0.1, 0.15) is 5.75 Å². The number of carbonyl (C=O) groups excluding carboxylic acids is 1. The van der Waals surface area contributed by atoms with E-state index in [1.165, 1.54) is 7.11 Å². The Kier molecular flexibility index (Phi) is 6.20. The maximum absolute atomic E-state index is 12.1. The number of nitrogens with one attached hydrogen (secondary N) is 1. The Bertz CT molecular complexity index is 526. The summed E-state index contributed by atoms with van der Waals surface area (Å²) in [4.78, 5) is 23.5. The molecule has 1 aromatic rings. The van der Waals surface area contributed by atoms with Gasteiger partial charge in [0.2, 0.25) is 5.91 Å². The average molecular weight is 358 g/mol. The van der Waals surface area contributed by atoms with Crippen LogP contribution in [0.5, 0.6) is 5.75 Å². The second-order valence-electron chi connectivity index (χ2n) is 4.87. The molecule has 0 aliphatic carbocycles. The fraction of sp³-hybridized carbons (Fsp3) is 0.467. The molecule has 6 heteroatoms. The van der Waals surface area contributed by atoms with Crippen LogP contribution < -0.4 is 10.1 Å². The fourth-order valence-corrected chi connectivity index (χ4v) is 2.54. The number of rotatable bonds is 7. The number of methoxy groups -OCH3 is 1. The molecule has 1 amide bonds. The summed E-state index contributed by atoms with van der Waals surface area (Å²) < 4.78 is 5.94. The van der Waals surface area contributed by atoms with Crippen LogP contribution in [0.3, 0.4) is 0 Å². The van der Waals surface area contributed by atoms with Gasteiger partial charge in [-0.05, 0) is 40.9 Å². The van der Waals surface area contributed by atoms with Crippen molar-refractivity contribution in [3.8, 4) is 5.75 Å². The summed E-state index contributed by atoms with van der Waals surface area (Å²) in [7, 11) is 1.54. The lowest BCUT2D eigenvalue weighted by Crippen LogP contribution is -2.34. The number of ether oxygens (including phenoxy) is 1. The van der Waals surface area contributed by atoms with Crippen LogP contribution in [0.1, 0.15) is 33.1 Å². The highest BCUT2D eigenvalue weighted by molar-refractivity contribution is 9.10. The van der Waals surface area contributed by atoms with E-state index in [9.17, 15) is 14.7 Å². The highest BCUT2D eigenvalue weighted by Crippen LogP contribution is 2.32. The van der Waals surface area contributed by atoms with Crippen molar-refractivity contribution in [1.82, 2.24) is 0 Å². The molecule has 1 rings (SSSR count). The van der Waals surface area contributed by atoms with Crippen molar-refractivity contribution in [3.63, 3.8) is 0 Å². The molecule has 0 unspecified atom stereocenters. The Morgan fingerprint density at radius 2 is 1.95 bits per heavy atom. The lowest BCUT2D eigenvalue weighted by molar-refractivity contribution is -0.151. The smallest absolute Gasteiger partial charge is 0.310 e. The fourth-order valence-electron chi connectivity index (χ4n) is 2.13. The Morgan fingerprint density at radius 3 is 2.43 bits per heavy atom. The van der Waals surface area contributed by atoms with Crippen molar-refractivity contribution in [3.05, 3.63) is 22.7 Å². The first-order valence-electron chi connectivity index (χ1n) is 6.75. The molecule has 0 atom stereocenters. The third-order valence-corrected chi connectivity index (χ3v) is 4.40. The molecular formula is C15H20BrNO4. The van der Waals surface area contributed by atoms with Gasteiger partial charge < -0.3 is 15.2 Å². The van der Waals surface area contributed by atoms with E-state index in [-0.39, 0.29) is 12.3 Å². The van der Waals surface area contributed by atoms with Crippen molar-refractivity contribution in [2.24, 2.45) is 5.41 Å². The molecule has 0 aliphatic heterocycles. The number of hydrogen-bond donors (Lipinski definition) is 2. The first-order chi connectivity index (χ1) is 9.88. The van der Waals surface area contributed by atoms with Gasteiger partial charge in [-0.15, -0.1) is 0 Å². The molecule has 116 valence electrons. The van der Waals surface area contributed by atoms with Gasteiger partial charge in [0.05, 0.1) is 17.0 Å². The molecule has 21 heavy (non-hydrogen) atoms. The molecule has 2 N–H and O–H groups in total. The van der Waals surface area contributed by atoms with Gasteiger partial charge in [0.15, 0.2) is 0 Å². The third kappa shape index (κ3) is 4.20. The molecular weight excluding hydrogens is 338 g/mol. The monoisotopic (exact) mass is 357 g/mol. The quantitative estimate of drug-likeness (QED) is 0.780. The van der Waals surface area contributed by atoms with Gasteiger partial charge in [0, 0.05) is 18.2 Å². The van der Waals surface area contributed by atoms with Crippen molar-refractivity contribution < 1.29 is 19.4 Å². The van der Waals surface area contributed by atoms with E-state index < -0.39 is 11.4 Å². The van der Waals surface area contributed by atoms with Crippen LogP contribution >= 0.6 is 15.9 Å². The molecule has 0 bridgehead atoms. The largest absolute Gasteiger partial charge is 0.495 e. The van der Waals surface area contributed by atoms with Gasteiger partial charge >= 0.3 is 5.97 Å². The van der Waals surface area contributed by atoms with E-state index in [1.54, 1.807) is 32.0 Å². The first kappa shape index (κ1) is 17.5. The van der Waals surface area contributed by atoms with Gasteiger partial charge in [-0.25, -0.2) is 0 Å². The maximum atomic E-state index is 12.1. The summed E-state index contributed by atoms with van der Waals surface area (Å²) in [5, 5.41) is 12.1. The summed E-state index contributed by atoms with van der Waals surface area (Å²) in [6, 6.07) is 5.17. The van der Waals surface area contributed by atoms with E-state index in [2.05, 4.69) is 21.2 Å². The summed E-state index contributed by atoms with van der Waals surface area (Å²) in [5.74, 6) is -0.648. The number of hydrogen-bond acceptors (Lipinski definition) is 3. The Hall–Kier alpha value is -1.56. The van der Waals surface area contributed by atoms with Crippen molar-refractivity contribution >= 4 is 33.5 Å². The van der Waals surface area contributed by atoms with Crippen LogP contribution in [0, 0.1) is 5.41 Å². The highest BCUT2D eigenvalue weighted by Gasteiger charge is 2.37. The summed E-state index contributed by atoms with van der Waals surface area (Å²) in [5.41, 5.74) is -0.435. The minimum atomic E-state index is -1.01. The summed E-state index contributed by atoms with van der Waals surface area (Å²) in [6.45, 7) is 3.57. The molecule has 5 nitrogen and oxygen atoms in total. The maximum Gasteiger partial charge on any atom is 0.310 e. The number of halogens is 1. The Morgan fingerprint density at radius 1 is 1.33 bits per heavy atom. The zero-order valence-corrected chi connectivity index (χ0v) is 14.0. The molecule has 0 radical (unpaired) electrons. The van der Waals surface area contributed by atoms with Crippen LogP contribution in [0.4, 0.5) is 5.69 Å². The molecule has 0 saturated carbocycles. The predicted octanol–water partition coefficient (Wildman–Crippen LogP) is 3.68. The normalized spacial score (nSPS) is 11.0. The Labute approximate surface area is 132 Å². The van der Waals surface area contributed by atoms with E-state index >= 15 is 0 Å². The lowest BCUT2D eigenvalue weighted by Gasteiger charge is -2.25. The van der Waals surface area contributed by atoms with E-state index in [1.807, 2.05) is 0 Å². The molecule has 0 aromatic heterocycles. The van der Waals surface area contributed by atoms with E-state index in [0.29, 0.717) is 24.3 Å². The molecule has 1 aromatic carbocycles. The molecule has 0 aliphatic rings. The van der Waals surface area contributed by atoms with Crippen LogP contribution in [0.2, 0.25) is 0 Å². The molecule has 0 heterocycles. The average Bonchev–Trinajstić information content (AvgIpc) is 2.46. The van der Waals surface area contributed by atoms with Crippen molar-refractivity contribution in [2.45, 2.75) is 33.1 Å². The number of aliphatic carboxylic acids is 1. The second-order valence-corrected chi connectivity index (χ2v) is 5.72. The number of carboxylic acids is 1. The standard InChI is InChI=1S/C15H20BrNO4/c1-4-15(5-2,14(19)20)9-13(18)17-10-6-7-11(16)12(8-10)21-3/h6-8H,4-5,9H2,1-3H3,(H,17,18)(H,19,20). The third-order valence-electron chi connectivity index (χ3n) is 3.74. The lowest BCUT2D eigenvalue weighted by atomic mass is 9.79. The predicted molar refractivity (Wildman–Crippen MR) is 84.6 cm³/mol. The van der Waals surface area contributed by atoms with Crippen LogP contribution in [-0.4, -0.2) is 24.1 Å². The van der Waals surface area contributed by atoms with Crippen molar-refractivity contribution in [1.29, 1.82) is 0 Å². The summed E-state index contributed by atoms with van der Waals surface area (Å²) in [6.07, 6.45) is 0.777. The van der Waals surface area contributed by atoms with E-state index in [0.717, 1.165) is 4.47 Å². The zero-order valence-electron chi connectivity index (χ0n) is 12.4. The number of amides is 1. The number of benzene rings is 1. The highest BCUT2D eigenvalue weighted by atomic mass is 79.9. The van der Waals surface area contributed by atoms with Gasteiger partial charge in [-0.2, -0.15) is 0 Å². The minimum Gasteiger partial charge on any atom is -0.495 e. The topological polar surface area (TPSA) is 75.6 Å². The summed E-state index contributed by atoms with van der Waals surface area (Å²) >= 11 is 3.33.